The van der Waals surface area contributed by atoms with Crippen LogP contribution >= 0.6 is 0 Å². The third-order valence-corrected chi connectivity index (χ3v) is 5.71. The minimum absolute atomic E-state index is 0.149. The average Bonchev–Trinajstić information content (AvgIpc) is 2.90. The molecule has 190 valence electrons. The van der Waals surface area contributed by atoms with Crippen molar-refractivity contribution in [2.45, 2.75) is 13.5 Å². The van der Waals surface area contributed by atoms with Gasteiger partial charge in [-0.25, -0.2) is 4.39 Å². The number of hydrogen-bond donors (Lipinski definition) is 1. The number of carbonyl (C=O) groups is 2. The molecule has 0 saturated heterocycles. The summed E-state index contributed by atoms with van der Waals surface area (Å²) in [5.74, 6) is -0.0926. The Hall–Kier alpha value is -4.66. The van der Waals surface area contributed by atoms with Crippen LogP contribution in [-0.4, -0.2) is 37.1 Å². The summed E-state index contributed by atoms with van der Waals surface area (Å²) in [6.45, 7) is 1.99. The highest BCUT2D eigenvalue weighted by Gasteiger charge is 2.19. The number of methoxy groups -OCH3 is 2. The molecule has 8 nitrogen and oxygen atoms in total. The fraction of sp³-hybridized carbons (Fsp3) is 0.179. The van der Waals surface area contributed by atoms with Crippen molar-refractivity contribution in [2.24, 2.45) is 0 Å². The molecule has 0 fully saturated rings. The van der Waals surface area contributed by atoms with Crippen molar-refractivity contribution in [3.8, 4) is 17.2 Å². The molecule has 1 N–H and O–H groups in total. The van der Waals surface area contributed by atoms with E-state index in [0.29, 0.717) is 35.1 Å². The van der Waals surface area contributed by atoms with Crippen LogP contribution < -0.4 is 25.0 Å². The Bertz CT molecular complexity index is 1530. The number of benzene rings is 3. The van der Waals surface area contributed by atoms with Crippen molar-refractivity contribution >= 4 is 28.3 Å². The quantitative estimate of drug-likeness (QED) is 0.339. The lowest BCUT2D eigenvalue weighted by Gasteiger charge is -2.16. The van der Waals surface area contributed by atoms with E-state index in [-0.39, 0.29) is 23.1 Å². The van der Waals surface area contributed by atoms with Crippen molar-refractivity contribution in [3.63, 3.8) is 0 Å². The van der Waals surface area contributed by atoms with E-state index in [1.807, 2.05) is 6.92 Å². The van der Waals surface area contributed by atoms with E-state index in [1.54, 1.807) is 36.4 Å². The molecule has 1 heterocycles. The molecule has 0 atom stereocenters. The maximum atomic E-state index is 13.4. The van der Waals surface area contributed by atoms with Gasteiger partial charge < -0.3 is 24.1 Å². The van der Waals surface area contributed by atoms with Crippen LogP contribution in [0.5, 0.6) is 17.2 Å². The number of anilines is 1. The largest absolute Gasteiger partial charge is 0.497 e. The van der Waals surface area contributed by atoms with Crippen LogP contribution in [0.4, 0.5) is 10.1 Å². The van der Waals surface area contributed by atoms with E-state index in [9.17, 15) is 18.8 Å². The van der Waals surface area contributed by atoms with E-state index in [4.69, 9.17) is 14.2 Å². The second-order valence-electron chi connectivity index (χ2n) is 8.06. The maximum Gasteiger partial charge on any atom is 0.244 e. The number of nitrogens with one attached hydrogen (secondary N) is 1. The molecule has 37 heavy (non-hydrogen) atoms. The number of aromatic nitrogens is 1. The van der Waals surface area contributed by atoms with Gasteiger partial charge in [0.15, 0.2) is 5.78 Å². The van der Waals surface area contributed by atoms with Gasteiger partial charge in [-0.05, 0) is 61.5 Å². The Morgan fingerprint density at radius 2 is 1.68 bits per heavy atom. The minimum Gasteiger partial charge on any atom is -0.497 e. The summed E-state index contributed by atoms with van der Waals surface area (Å²) in [5, 5.41) is 3.00. The number of amides is 1. The van der Waals surface area contributed by atoms with Gasteiger partial charge >= 0.3 is 0 Å². The van der Waals surface area contributed by atoms with Gasteiger partial charge in [0.1, 0.15) is 29.6 Å². The molecule has 9 heteroatoms. The Morgan fingerprint density at radius 1 is 0.946 bits per heavy atom. The fourth-order valence-corrected chi connectivity index (χ4v) is 3.94. The highest BCUT2D eigenvalue weighted by atomic mass is 19.1. The van der Waals surface area contributed by atoms with E-state index in [0.717, 1.165) is 12.1 Å². The number of carbonyl (C=O) groups excluding carboxylic acids is 2. The summed E-state index contributed by atoms with van der Waals surface area (Å²) in [6, 6.07) is 14.8. The first-order valence-electron chi connectivity index (χ1n) is 11.5. The fourth-order valence-electron chi connectivity index (χ4n) is 3.94. The van der Waals surface area contributed by atoms with Gasteiger partial charge in [-0.3, -0.25) is 14.4 Å². The zero-order valence-corrected chi connectivity index (χ0v) is 20.5. The molecule has 0 aliphatic carbocycles. The maximum absolute atomic E-state index is 13.4. The van der Waals surface area contributed by atoms with E-state index in [2.05, 4.69) is 5.32 Å². The van der Waals surface area contributed by atoms with Gasteiger partial charge in [0.05, 0.1) is 43.0 Å². The van der Waals surface area contributed by atoms with E-state index in [1.165, 1.54) is 37.1 Å². The number of halogens is 1. The van der Waals surface area contributed by atoms with Crippen LogP contribution in [0.2, 0.25) is 0 Å². The molecule has 4 rings (SSSR count). The molecule has 0 aliphatic heterocycles. The monoisotopic (exact) mass is 504 g/mol. The van der Waals surface area contributed by atoms with Crippen LogP contribution in [0.1, 0.15) is 22.8 Å². The molecule has 1 amide bonds. The highest BCUT2D eigenvalue weighted by molar-refractivity contribution is 6.10. The van der Waals surface area contributed by atoms with Crippen LogP contribution in [-0.2, 0) is 11.3 Å². The molecule has 0 saturated carbocycles. The second-order valence-corrected chi connectivity index (χ2v) is 8.06. The zero-order valence-electron chi connectivity index (χ0n) is 20.5. The number of ketones is 1. The van der Waals surface area contributed by atoms with E-state index < -0.39 is 22.9 Å². The number of ether oxygens (including phenoxy) is 3. The van der Waals surface area contributed by atoms with Gasteiger partial charge in [0.2, 0.25) is 11.3 Å². The zero-order chi connectivity index (χ0) is 26.5. The second kappa shape index (κ2) is 10.9. The number of fused-ring (bicyclic) bond motifs is 1. The molecular formula is C28H25FN2O6. The lowest BCUT2D eigenvalue weighted by atomic mass is 10.0. The molecule has 0 radical (unpaired) electrons. The number of nitrogens with zero attached hydrogens (tertiary/aromatic N) is 1. The molecular weight excluding hydrogens is 479 g/mol. The van der Waals surface area contributed by atoms with Crippen LogP contribution in [0.3, 0.4) is 0 Å². The number of rotatable bonds is 9. The number of hydrogen-bond acceptors (Lipinski definition) is 6. The van der Waals surface area contributed by atoms with Gasteiger partial charge in [-0.15, -0.1) is 0 Å². The van der Waals surface area contributed by atoms with Gasteiger partial charge in [-0.1, -0.05) is 0 Å². The summed E-state index contributed by atoms with van der Waals surface area (Å²) >= 11 is 0. The molecule has 0 bridgehead atoms. The van der Waals surface area contributed by atoms with Crippen molar-refractivity contribution in [2.75, 3.05) is 26.1 Å². The minimum atomic E-state index is -0.586. The Balaban J connectivity index is 1.77. The topological polar surface area (TPSA) is 95.9 Å². The Labute approximate surface area is 212 Å². The smallest absolute Gasteiger partial charge is 0.244 e. The number of pyridine rings is 1. The molecule has 3 aromatic carbocycles. The lowest BCUT2D eigenvalue weighted by Crippen LogP contribution is -2.24. The predicted molar refractivity (Wildman–Crippen MR) is 137 cm³/mol. The van der Waals surface area contributed by atoms with Gasteiger partial charge in [0, 0.05) is 17.8 Å². The lowest BCUT2D eigenvalue weighted by molar-refractivity contribution is -0.116. The third-order valence-electron chi connectivity index (χ3n) is 5.71. The summed E-state index contributed by atoms with van der Waals surface area (Å²) < 4.78 is 31.0. The van der Waals surface area contributed by atoms with Crippen LogP contribution in [0.15, 0.2) is 71.7 Å². The first-order valence-corrected chi connectivity index (χ1v) is 11.5. The Morgan fingerprint density at radius 3 is 2.35 bits per heavy atom. The normalized spacial score (nSPS) is 10.7. The predicted octanol–water partition coefficient (Wildman–Crippen LogP) is 4.43. The SMILES string of the molecule is CCOc1ccc2c(c1)c(=O)c(C(=O)c1ccc(F)cc1)cn2CC(=O)Nc1cc(OC)ccc1OC. The molecule has 0 unspecified atom stereocenters. The first kappa shape index (κ1) is 25.4. The van der Waals surface area contributed by atoms with Crippen LogP contribution in [0.25, 0.3) is 10.9 Å². The summed E-state index contributed by atoms with van der Waals surface area (Å²) in [5.41, 5.74) is 0.322. The summed E-state index contributed by atoms with van der Waals surface area (Å²) in [4.78, 5) is 39.7. The van der Waals surface area contributed by atoms with Gasteiger partial charge in [-0.2, -0.15) is 0 Å². The van der Waals surface area contributed by atoms with E-state index >= 15 is 0 Å². The first-order chi connectivity index (χ1) is 17.8. The van der Waals surface area contributed by atoms with Crippen molar-refractivity contribution < 1.29 is 28.2 Å². The van der Waals surface area contributed by atoms with Crippen molar-refractivity contribution in [1.29, 1.82) is 0 Å². The molecule has 0 spiro atoms. The standard InChI is InChI=1S/C28H25FN2O6/c1-4-37-20-9-11-24-21(13-20)28(34)22(27(33)17-5-7-18(29)8-6-17)15-31(24)16-26(32)30-23-14-19(35-2)10-12-25(23)36-3/h5-15H,4,16H2,1-3H3,(H,30,32). The van der Waals surface area contributed by atoms with Gasteiger partial charge in [0.25, 0.3) is 0 Å². The highest BCUT2D eigenvalue weighted by Crippen LogP contribution is 2.29. The molecule has 1 aromatic heterocycles. The summed E-state index contributed by atoms with van der Waals surface area (Å²) in [6.07, 6.45) is 1.35. The summed E-state index contributed by atoms with van der Waals surface area (Å²) in [7, 11) is 2.99. The van der Waals surface area contributed by atoms with Crippen molar-refractivity contribution in [3.05, 3.63) is 94.0 Å². The van der Waals surface area contributed by atoms with Crippen molar-refractivity contribution in [1.82, 2.24) is 4.57 Å². The van der Waals surface area contributed by atoms with Crippen LogP contribution in [0, 0.1) is 5.82 Å². The third kappa shape index (κ3) is 5.45. The molecule has 4 aromatic rings. The average molecular weight is 505 g/mol. The molecule has 0 aliphatic rings. The Kier molecular flexibility index (Phi) is 7.52.